The quantitative estimate of drug-likeness (QED) is 0.482. The minimum atomic E-state index is -4.70. The smallest absolute Gasteiger partial charge is 0.420 e. The minimum Gasteiger partial charge on any atom is -0.496 e. The van der Waals surface area contributed by atoms with Gasteiger partial charge in [0, 0.05) is 37.3 Å². The fraction of sp³-hybridized carbons (Fsp3) is 0.381. The molecule has 0 N–H and O–H groups in total. The molecule has 0 amide bonds. The van der Waals surface area contributed by atoms with E-state index in [1.807, 2.05) is 0 Å². The summed E-state index contributed by atoms with van der Waals surface area (Å²) in [6.45, 7) is 1.92. The molecular weight excluding hydrogens is 436 g/mol. The molecule has 2 unspecified atom stereocenters. The van der Waals surface area contributed by atoms with Crippen LogP contribution in [0.15, 0.2) is 41.3 Å². The number of methoxy groups -OCH3 is 1. The average Bonchev–Trinajstić information content (AvgIpc) is 2.81. The molecule has 0 fully saturated rings. The van der Waals surface area contributed by atoms with Crippen LogP contribution in [-0.2, 0) is 22.0 Å². The molecule has 2 aromatic carbocycles. The molecule has 2 aromatic rings. The van der Waals surface area contributed by atoms with E-state index in [4.69, 9.17) is 4.74 Å². The lowest BCUT2D eigenvalue weighted by Gasteiger charge is -2.38. The van der Waals surface area contributed by atoms with Gasteiger partial charge in [0.15, 0.2) is 0 Å². The maximum atomic E-state index is 13.7. The van der Waals surface area contributed by atoms with Crippen LogP contribution in [0, 0.1) is 5.82 Å². The number of ether oxygens (including phenoxy) is 1. The molecule has 31 heavy (non-hydrogen) atoms. The van der Waals surface area contributed by atoms with Crippen LogP contribution in [0.2, 0.25) is 0 Å². The molecule has 0 spiro atoms. The number of aldehydes is 1. The van der Waals surface area contributed by atoms with E-state index in [1.165, 1.54) is 24.3 Å². The molecule has 10 heteroatoms. The number of halogens is 4. The zero-order chi connectivity index (χ0) is 23.0. The molecule has 0 aliphatic carbocycles. The summed E-state index contributed by atoms with van der Waals surface area (Å²) in [7, 11) is 0.876. The number of likely N-dealkylation sites (N-methyl/N-ethyl adjacent to an activating group) is 1. The summed E-state index contributed by atoms with van der Waals surface area (Å²) in [4.78, 5) is 12.7. The van der Waals surface area contributed by atoms with Crippen LogP contribution >= 0.6 is 0 Å². The Hall–Kier alpha value is -2.46. The molecule has 168 valence electrons. The van der Waals surface area contributed by atoms with Crippen molar-refractivity contribution in [2.45, 2.75) is 36.4 Å². The van der Waals surface area contributed by atoms with E-state index >= 15 is 0 Å². The van der Waals surface area contributed by atoms with E-state index in [9.17, 15) is 26.6 Å². The van der Waals surface area contributed by atoms with E-state index in [2.05, 4.69) is 0 Å². The summed E-state index contributed by atoms with van der Waals surface area (Å²) >= 11 is 0. The van der Waals surface area contributed by atoms with E-state index in [0.717, 1.165) is 25.5 Å². The number of carbonyl (C=O) groups excluding carboxylic acids is 1. The fourth-order valence-electron chi connectivity index (χ4n) is 3.62. The molecule has 0 saturated carbocycles. The average molecular weight is 458 g/mol. The van der Waals surface area contributed by atoms with Crippen molar-refractivity contribution in [3.63, 3.8) is 0 Å². The zero-order valence-corrected chi connectivity index (χ0v) is 18.0. The highest BCUT2D eigenvalue weighted by Gasteiger charge is 2.43. The first-order chi connectivity index (χ1) is 14.5. The maximum Gasteiger partial charge on any atom is 0.420 e. The highest BCUT2D eigenvalue weighted by Crippen LogP contribution is 2.46. The lowest BCUT2D eigenvalue weighted by Crippen LogP contribution is -2.50. The van der Waals surface area contributed by atoms with Crippen LogP contribution in [-0.4, -0.2) is 41.0 Å². The first-order valence-corrected chi connectivity index (χ1v) is 10.5. The number of carbonyl (C=O) groups is 1. The second kappa shape index (κ2) is 8.58. The SMILES string of the molecule is COc1cc2c(cc1C(F)(F)F)N(c1ccc(F)cc1)CC(C)(CCC=O)N(C)S2=O. The third-order valence-corrected chi connectivity index (χ3v) is 7.15. The van der Waals surface area contributed by atoms with Gasteiger partial charge in [0.05, 0.1) is 23.3 Å². The van der Waals surface area contributed by atoms with Crippen molar-refractivity contribution < 1.29 is 31.3 Å². The van der Waals surface area contributed by atoms with E-state index < -0.39 is 39.8 Å². The second-order valence-electron chi connectivity index (χ2n) is 7.53. The summed E-state index contributed by atoms with van der Waals surface area (Å²) in [5.41, 5.74) is -1.31. The van der Waals surface area contributed by atoms with Gasteiger partial charge in [0.1, 0.15) is 28.8 Å². The van der Waals surface area contributed by atoms with Gasteiger partial charge >= 0.3 is 6.18 Å². The Balaban J connectivity index is 2.29. The van der Waals surface area contributed by atoms with Crippen LogP contribution in [0.1, 0.15) is 25.3 Å². The molecule has 2 atom stereocenters. The summed E-state index contributed by atoms with van der Waals surface area (Å²) in [6.07, 6.45) is -3.45. The maximum absolute atomic E-state index is 13.7. The monoisotopic (exact) mass is 458 g/mol. The number of nitrogens with zero attached hydrogens (tertiary/aromatic N) is 2. The summed E-state index contributed by atoms with van der Waals surface area (Å²) in [6, 6.07) is 7.35. The van der Waals surface area contributed by atoms with Crippen molar-refractivity contribution in [3.8, 4) is 5.75 Å². The van der Waals surface area contributed by atoms with Crippen molar-refractivity contribution in [3.05, 3.63) is 47.8 Å². The van der Waals surface area contributed by atoms with E-state index in [0.29, 0.717) is 12.1 Å². The van der Waals surface area contributed by atoms with Crippen LogP contribution in [0.4, 0.5) is 28.9 Å². The van der Waals surface area contributed by atoms with Crippen LogP contribution in [0.25, 0.3) is 0 Å². The van der Waals surface area contributed by atoms with Crippen LogP contribution in [0.5, 0.6) is 5.75 Å². The van der Waals surface area contributed by atoms with Gasteiger partial charge in [0.2, 0.25) is 0 Å². The van der Waals surface area contributed by atoms with Crippen molar-refractivity contribution in [1.82, 2.24) is 4.31 Å². The molecule has 1 aliphatic heterocycles. The first-order valence-electron chi connectivity index (χ1n) is 9.43. The van der Waals surface area contributed by atoms with Gasteiger partial charge in [0.25, 0.3) is 0 Å². The Morgan fingerprint density at radius 1 is 1.23 bits per heavy atom. The minimum absolute atomic E-state index is 0.0831. The molecule has 1 heterocycles. The topological polar surface area (TPSA) is 49.9 Å². The first kappa shape index (κ1) is 23.2. The fourth-order valence-corrected chi connectivity index (χ4v) is 5.02. The number of hydrogen-bond donors (Lipinski definition) is 0. The Kier molecular flexibility index (Phi) is 6.43. The molecule has 5 nitrogen and oxygen atoms in total. The highest BCUT2D eigenvalue weighted by molar-refractivity contribution is 7.83. The van der Waals surface area contributed by atoms with Gasteiger partial charge in [-0.3, -0.25) is 0 Å². The summed E-state index contributed by atoms with van der Waals surface area (Å²) in [5, 5.41) is 0. The Labute approximate surface area is 180 Å². The van der Waals surface area contributed by atoms with Gasteiger partial charge in [-0.25, -0.2) is 12.9 Å². The Bertz CT molecular complexity index is 997. The Morgan fingerprint density at radius 3 is 2.42 bits per heavy atom. The van der Waals surface area contributed by atoms with Gasteiger partial charge in [-0.05, 0) is 43.7 Å². The lowest BCUT2D eigenvalue weighted by atomic mass is 9.94. The molecule has 3 rings (SSSR count). The summed E-state index contributed by atoms with van der Waals surface area (Å²) < 4.78 is 74.5. The number of fused-ring (bicyclic) bond motifs is 1. The van der Waals surface area contributed by atoms with Crippen LogP contribution < -0.4 is 9.64 Å². The molecule has 0 bridgehead atoms. The third-order valence-electron chi connectivity index (χ3n) is 5.51. The normalized spacial score (nSPS) is 22.0. The lowest BCUT2D eigenvalue weighted by molar-refractivity contribution is -0.138. The van der Waals surface area contributed by atoms with E-state index in [1.54, 1.807) is 23.2 Å². The number of hydrogen-bond acceptors (Lipinski definition) is 4. The summed E-state index contributed by atoms with van der Waals surface area (Å²) in [5.74, 6) is -0.933. The number of rotatable bonds is 5. The number of benzene rings is 2. The molecule has 0 saturated heterocycles. The molecule has 0 aromatic heterocycles. The standard InChI is InChI=1S/C21H22F4N2O3S/c1-20(9-4-10-28)13-27(15-7-5-14(22)6-8-15)17-11-16(21(23,24)25)18(30-3)12-19(17)31(29)26(20)2/h5-8,10-12H,4,9,13H2,1-3H3. The number of alkyl halides is 3. The molecule has 0 radical (unpaired) electrons. The molecule has 1 aliphatic rings. The highest BCUT2D eigenvalue weighted by atomic mass is 32.2. The zero-order valence-electron chi connectivity index (χ0n) is 17.2. The molecular formula is C21H22F4N2O3S. The van der Waals surface area contributed by atoms with Crippen LogP contribution in [0.3, 0.4) is 0 Å². The Morgan fingerprint density at radius 2 is 1.87 bits per heavy atom. The predicted molar refractivity (Wildman–Crippen MR) is 109 cm³/mol. The van der Waals surface area contributed by atoms with E-state index in [-0.39, 0.29) is 23.5 Å². The van der Waals surface area contributed by atoms with Crippen molar-refractivity contribution in [2.24, 2.45) is 0 Å². The predicted octanol–water partition coefficient (Wildman–Crippen LogP) is 4.70. The number of anilines is 2. The van der Waals surface area contributed by atoms with Crippen molar-refractivity contribution in [1.29, 1.82) is 0 Å². The largest absolute Gasteiger partial charge is 0.496 e. The van der Waals surface area contributed by atoms with Gasteiger partial charge in [-0.2, -0.15) is 13.2 Å². The van der Waals surface area contributed by atoms with Gasteiger partial charge < -0.3 is 14.4 Å². The second-order valence-corrected chi connectivity index (χ2v) is 9.02. The van der Waals surface area contributed by atoms with Crippen molar-refractivity contribution >= 4 is 28.6 Å². The van der Waals surface area contributed by atoms with Gasteiger partial charge in [-0.1, -0.05) is 0 Å². The van der Waals surface area contributed by atoms with Crippen molar-refractivity contribution in [2.75, 3.05) is 25.6 Å². The van der Waals surface area contributed by atoms with Gasteiger partial charge in [-0.15, -0.1) is 0 Å². The third kappa shape index (κ3) is 4.45.